The van der Waals surface area contributed by atoms with Crippen LogP contribution in [0, 0.1) is 12.8 Å². The summed E-state index contributed by atoms with van der Waals surface area (Å²) in [6.45, 7) is 21.1. The maximum atomic E-state index is 12.2. The van der Waals surface area contributed by atoms with Crippen molar-refractivity contribution in [2.45, 2.75) is 112 Å². The normalized spacial score (nSPS) is 18.4. The predicted octanol–water partition coefficient (Wildman–Crippen LogP) is 7.89. The highest BCUT2D eigenvalue weighted by Crippen LogP contribution is 2.38. The van der Waals surface area contributed by atoms with E-state index in [4.69, 9.17) is 20.8 Å². The van der Waals surface area contributed by atoms with Crippen LogP contribution in [0.15, 0.2) is 45.7 Å². The number of aromatic nitrogens is 3. The van der Waals surface area contributed by atoms with Gasteiger partial charge >= 0.3 is 0 Å². The average molecular weight is 740 g/mol. The highest BCUT2D eigenvalue weighted by atomic mass is 35.5. The van der Waals surface area contributed by atoms with Gasteiger partial charge in [0, 0.05) is 48.7 Å². The molecule has 2 saturated heterocycles. The monoisotopic (exact) mass is 739 g/mol. The minimum absolute atomic E-state index is 0.0792. The molecule has 0 saturated carbocycles. The van der Waals surface area contributed by atoms with Gasteiger partial charge < -0.3 is 29.1 Å². The van der Waals surface area contributed by atoms with E-state index >= 15 is 0 Å². The van der Waals surface area contributed by atoms with E-state index in [1.807, 2.05) is 63.8 Å². The van der Waals surface area contributed by atoms with Crippen molar-refractivity contribution in [2.24, 2.45) is 5.92 Å². The van der Waals surface area contributed by atoms with Crippen LogP contribution in [0.5, 0.6) is 0 Å². The summed E-state index contributed by atoms with van der Waals surface area (Å²) < 4.78 is 15.7. The maximum Gasteiger partial charge on any atom is 0.293 e. The van der Waals surface area contributed by atoms with E-state index in [0.717, 1.165) is 52.6 Å². The molecule has 2 N–H and O–H groups in total. The molecule has 0 radical (unpaired) electrons. The molecule has 2 fully saturated rings. The molecule has 0 bridgehead atoms. The van der Waals surface area contributed by atoms with Crippen molar-refractivity contribution >= 4 is 46.0 Å². The van der Waals surface area contributed by atoms with Gasteiger partial charge in [0.15, 0.2) is 11.4 Å². The predicted molar refractivity (Wildman–Crippen MR) is 208 cm³/mol. The van der Waals surface area contributed by atoms with E-state index in [0.29, 0.717) is 50.0 Å². The number of hydrogen-bond acceptors (Lipinski definition) is 9. The molecule has 3 aromatic heterocycles. The van der Waals surface area contributed by atoms with E-state index in [2.05, 4.69) is 45.8 Å². The van der Waals surface area contributed by atoms with Crippen molar-refractivity contribution in [3.05, 3.63) is 69.0 Å². The number of aromatic amines is 1. The van der Waals surface area contributed by atoms with Crippen LogP contribution in [0.4, 0.5) is 0 Å². The zero-order valence-corrected chi connectivity index (χ0v) is 33.0. The average Bonchev–Trinajstić information content (AvgIpc) is 3.82. The highest BCUT2D eigenvalue weighted by Gasteiger charge is 2.40. The zero-order chi connectivity index (χ0) is 38.3. The van der Waals surface area contributed by atoms with Crippen molar-refractivity contribution < 1.29 is 23.5 Å². The number of aryl methyl sites for hydroxylation is 1. The minimum Gasteiger partial charge on any atom is -0.462 e. The molecule has 5 heterocycles. The Morgan fingerprint density at radius 2 is 1.88 bits per heavy atom. The highest BCUT2D eigenvalue weighted by molar-refractivity contribution is 6.30. The van der Waals surface area contributed by atoms with Crippen molar-refractivity contribution in [3.8, 4) is 0 Å². The third kappa shape index (κ3) is 12.4. The van der Waals surface area contributed by atoms with Crippen LogP contribution in [0.1, 0.15) is 104 Å². The molecule has 2 aliphatic heterocycles. The van der Waals surface area contributed by atoms with Crippen LogP contribution in [-0.4, -0.2) is 70.6 Å². The van der Waals surface area contributed by atoms with Gasteiger partial charge in [-0.05, 0) is 97.5 Å². The molecular weight excluding hydrogens is 682 g/mol. The zero-order valence-electron chi connectivity index (χ0n) is 32.3. The summed E-state index contributed by atoms with van der Waals surface area (Å²) in [5.74, 6) is 1.15. The topological polar surface area (TPSA) is 140 Å². The number of amides is 1. The number of carbonyl (C=O) groups is 2. The summed E-state index contributed by atoms with van der Waals surface area (Å²) in [5.41, 5.74) is 3.41. The summed E-state index contributed by atoms with van der Waals surface area (Å²) in [4.78, 5) is 47.6. The molecule has 2 atom stereocenters. The molecule has 4 aromatic rings. The van der Waals surface area contributed by atoms with E-state index in [1.165, 1.54) is 32.1 Å². The number of rotatable bonds is 8. The second-order valence-corrected chi connectivity index (χ2v) is 14.9. The summed E-state index contributed by atoms with van der Waals surface area (Å²) in [5, 5.41) is 4.79. The lowest BCUT2D eigenvalue weighted by molar-refractivity contribution is -0.138. The van der Waals surface area contributed by atoms with Gasteiger partial charge in [0.25, 0.3) is 12.0 Å². The van der Waals surface area contributed by atoms with E-state index in [-0.39, 0.29) is 28.4 Å². The second kappa shape index (κ2) is 20.4. The van der Waals surface area contributed by atoms with Crippen molar-refractivity contribution in [2.75, 3.05) is 32.8 Å². The van der Waals surface area contributed by atoms with Crippen LogP contribution in [-0.2, 0) is 31.1 Å². The Kier molecular flexibility index (Phi) is 16.8. The smallest absolute Gasteiger partial charge is 0.293 e. The number of piperidine rings is 1. The molecule has 1 amide bonds. The maximum absolute atomic E-state index is 12.2. The number of fused-ring (bicyclic) bond motifs is 3. The molecule has 1 aromatic carbocycles. The second-order valence-electron chi connectivity index (χ2n) is 14.5. The molecule has 0 spiro atoms. The van der Waals surface area contributed by atoms with Gasteiger partial charge in [-0.3, -0.25) is 14.4 Å². The first-order valence-electron chi connectivity index (χ1n) is 18.4. The molecule has 52 heavy (non-hydrogen) atoms. The Morgan fingerprint density at radius 1 is 1.17 bits per heavy atom. The number of benzene rings is 1. The van der Waals surface area contributed by atoms with E-state index in [1.54, 1.807) is 6.07 Å². The Balaban J connectivity index is 0.000000215. The van der Waals surface area contributed by atoms with Gasteiger partial charge in [-0.25, -0.2) is 9.97 Å². The number of likely N-dealkylation sites (tertiary alicyclic amines) is 1. The minimum atomic E-state index is -0.318. The number of ether oxygens (including phenoxy) is 2. The lowest BCUT2D eigenvalue weighted by Crippen LogP contribution is -2.51. The molecule has 11 nitrogen and oxygen atoms in total. The molecule has 12 heteroatoms. The Morgan fingerprint density at radius 3 is 2.46 bits per heavy atom. The summed E-state index contributed by atoms with van der Waals surface area (Å²) >= 11 is 6.05. The quantitative estimate of drug-likeness (QED) is 0.173. The first kappa shape index (κ1) is 42.6. The van der Waals surface area contributed by atoms with Gasteiger partial charge in [-0.15, -0.1) is 0 Å². The van der Waals surface area contributed by atoms with Gasteiger partial charge in [-0.1, -0.05) is 50.9 Å². The van der Waals surface area contributed by atoms with Crippen molar-refractivity contribution in [1.29, 1.82) is 0 Å². The SMILES string of the molecule is C1CCNC1.CC(C)(C)OC=O.CCCCC(=O)N1CCC(C)(c2cc(Cl)c[nH]c2=O)C(C)C1.CCOCc1nc(C)c2oc3ccccc3c2n1. The number of nitrogens with one attached hydrogen (secondary N) is 2. The number of halogens is 1. The van der Waals surface area contributed by atoms with Gasteiger partial charge in [0.1, 0.15) is 23.3 Å². The summed E-state index contributed by atoms with van der Waals surface area (Å²) in [6, 6.07) is 9.66. The van der Waals surface area contributed by atoms with Gasteiger partial charge in [0.2, 0.25) is 5.91 Å². The Labute approximate surface area is 313 Å². The lowest BCUT2D eigenvalue weighted by Gasteiger charge is -2.44. The van der Waals surface area contributed by atoms with Crippen LogP contribution in [0.3, 0.4) is 0 Å². The molecule has 6 rings (SSSR count). The van der Waals surface area contributed by atoms with Crippen molar-refractivity contribution in [1.82, 2.24) is 25.2 Å². The molecule has 286 valence electrons. The largest absolute Gasteiger partial charge is 0.462 e. The summed E-state index contributed by atoms with van der Waals surface area (Å²) in [7, 11) is 0. The first-order chi connectivity index (χ1) is 24.7. The Hall–Kier alpha value is -3.80. The van der Waals surface area contributed by atoms with Crippen LogP contribution >= 0.6 is 11.6 Å². The van der Waals surface area contributed by atoms with E-state index < -0.39 is 0 Å². The Bertz CT molecular complexity index is 1770. The third-order valence-electron chi connectivity index (χ3n) is 9.29. The number of unbranched alkanes of at least 4 members (excludes halogenated alkanes) is 1. The third-order valence-corrected chi connectivity index (χ3v) is 9.51. The fourth-order valence-corrected chi connectivity index (χ4v) is 6.21. The fraction of sp³-hybridized carbons (Fsp3) is 0.575. The standard InChI is InChI=1S/C17H25ClN2O2.C14H14N2O2.C5H10O2.C4H9N/c1-4-5-6-15(21)20-8-7-17(3,12(2)11-20)14-9-13(18)10-19-16(14)22;1-3-17-8-12-15-9(2)14-13(16-12)10-6-4-5-7-11(10)18-14;1-5(2,3)7-4-6;1-2-4-5-3-1/h9-10,12H,4-8,11H2,1-3H3,(H,19,22);4-7H,3,8H2,1-2H3;4H,1-3H3;5H,1-4H2. The number of H-pyrrole nitrogens is 1. The number of hydrogen-bond donors (Lipinski definition) is 2. The lowest BCUT2D eigenvalue weighted by atomic mass is 9.68. The first-order valence-corrected chi connectivity index (χ1v) is 18.8. The van der Waals surface area contributed by atoms with Crippen LogP contribution in [0.2, 0.25) is 5.02 Å². The molecule has 0 aliphatic carbocycles. The van der Waals surface area contributed by atoms with Gasteiger partial charge in [0.05, 0.1) is 10.7 Å². The van der Waals surface area contributed by atoms with Crippen LogP contribution < -0.4 is 10.9 Å². The van der Waals surface area contributed by atoms with Crippen LogP contribution in [0.25, 0.3) is 22.1 Å². The number of furan rings is 1. The van der Waals surface area contributed by atoms with E-state index in [9.17, 15) is 14.4 Å². The molecule has 2 aliphatic rings. The fourth-order valence-electron chi connectivity index (χ4n) is 6.05. The molecular formula is C40H58ClN5O6. The number of carbonyl (C=O) groups excluding carboxylic acids is 2. The molecule has 2 unspecified atom stereocenters. The van der Waals surface area contributed by atoms with Crippen molar-refractivity contribution in [3.63, 3.8) is 0 Å². The van der Waals surface area contributed by atoms with Gasteiger partial charge in [-0.2, -0.15) is 0 Å². The number of pyridine rings is 1. The summed E-state index contributed by atoms with van der Waals surface area (Å²) in [6.07, 6.45) is 7.68. The number of para-hydroxylation sites is 1. The number of nitrogens with zero attached hydrogens (tertiary/aromatic N) is 3.